The zero-order valence-corrected chi connectivity index (χ0v) is 11.4. The maximum atomic E-state index is 11.8. The second-order valence-corrected chi connectivity index (χ2v) is 5.97. The number of ether oxygens (including phenoxy) is 1. The van der Waals surface area contributed by atoms with Crippen LogP contribution in [-0.2, 0) is 25.1 Å². The van der Waals surface area contributed by atoms with Gasteiger partial charge in [0, 0.05) is 5.56 Å². The summed E-state index contributed by atoms with van der Waals surface area (Å²) in [6, 6.07) is 6.46. The Hall–Kier alpha value is -1.89. The number of sulfone groups is 1. The fraction of sp³-hybridized carbons (Fsp3) is 0.333. The second-order valence-electron chi connectivity index (χ2n) is 3.91. The fourth-order valence-corrected chi connectivity index (χ4v) is 2.85. The van der Waals surface area contributed by atoms with Crippen LogP contribution < -0.4 is 5.73 Å². The number of hydrogen-bond donors (Lipinski definition) is 2. The summed E-state index contributed by atoms with van der Waals surface area (Å²) in [4.78, 5) is 11.2. The minimum Gasteiger partial charge on any atom is -0.465 e. The molecule has 0 saturated carbocycles. The summed E-state index contributed by atoms with van der Waals surface area (Å²) in [7, 11) is -3.64. The SMILES string of the molecule is CCOC(=O)CS(=O)(=O)Cc1ccccc1C(=N)N. The highest BCUT2D eigenvalue weighted by Gasteiger charge is 2.20. The number of rotatable bonds is 6. The lowest BCUT2D eigenvalue weighted by atomic mass is 10.1. The van der Waals surface area contributed by atoms with Gasteiger partial charge in [-0.3, -0.25) is 10.2 Å². The Morgan fingerprint density at radius 2 is 2.00 bits per heavy atom. The summed E-state index contributed by atoms with van der Waals surface area (Å²) < 4.78 is 28.3. The molecule has 0 saturated heterocycles. The minimum atomic E-state index is -3.64. The molecule has 0 aliphatic heterocycles. The number of amidine groups is 1. The Morgan fingerprint density at radius 3 is 2.58 bits per heavy atom. The predicted molar refractivity (Wildman–Crippen MR) is 71.6 cm³/mol. The number of esters is 1. The largest absolute Gasteiger partial charge is 0.465 e. The second kappa shape index (κ2) is 6.33. The monoisotopic (exact) mass is 284 g/mol. The van der Waals surface area contributed by atoms with E-state index in [1.165, 1.54) is 0 Å². The van der Waals surface area contributed by atoms with Crippen LogP contribution in [0.5, 0.6) is 0 Å². The fourth-order valence-electron chi connectivity index (χ4n) is 1.58. The first kappa shape index (κ1) is 15.2. The summed E-state index contributed by atoms with van der Waals surface area (Å²) in [5.74, 6) is -2.00. The zero-order valence-electron chi connectivity index (χ0n) is 10.5. The summed E-state index contributed by atoms with van der Waals surface area (Å²) in [6.45, 7) is 1.74. The van der Waals surface area contributed by atoms with Crippen molar-refractivity contribution in [1.82, 2.24) is 0 Å². The van der Waals surface area contributed by atoms with Crippen molar-refractivity contribution in [2.45, 2.75) is 12.7 Å². The molecule has 0 amide bonds. The van der Waals surface area contributed by atoms with Gasteiger partial charge in [-0.1, -0.05) is 24.3 Å². The molecule has 0 spiro atoms. The van der Waals surface area contributed by atoms with E-state index in [4.69, 9.17) is 11.1 Å². The molecule has 0 fully saturated rings. The number of benzene rings is 1. The molecule has 0 aromatic heterocycles. The van der Waals surface area contributed by atoms with Gasteiger partial charge in [0.05, 0.1) is 12.4 Å². The van der Waals surface area contributed by atoms with Gasteiger partial charge >= 0.3 is 5.97 Å². The average Bonchev–Trinajstić information content (AvgIpc) is 2.28. The number of carbonyl (C=O) groups is 1. The van der Waals surface area contributed by atoms with Crippen molar-refractivity contribution >= 4 is 21.6 Å². The molecule has 0 unspecified atom stereocenters. The van der Waals surface area contributed by atoms with E-state index in [1.54, 1.807) is 31.2 Å². The lowest BCUT2D eigenvalue weighted by Gasteiger charge is -2.08. The molecule has 104 valence electrons. The van der Waals surface area contributed by atoms with Crippen molar-refractivity contribution in [2.75, 3.05) is 12.4 Å². The molecular formula is C12H16N2O4S. The molecule has 0 atom stereocenters. The molecule has 0 heterocycles. The third kappa shape index (κ3) is 4.70. The molecule has 19 heavy (non-hydrogen) atoms. The molecular weight excluding hydrogens is 268 g/mol. The van der Waals surface area contributed by atoms with Gasteiger partial charge in [0.15, 0.2) is 9.84 Å². The molecule has 7 heteroatoms. The highest BCUT2D eigenvalue weighted by molar-refractivity contribution is 7.91. The van der Waals surface area contributed by atoms with Crippen LogP contribution in [0.25, 0.3) is 0 Å². The highest BCUT2D eigenvalue weighted by atomic mass is 32.2. The summed E-state index contributed by atoms with van der Waals surface area (Å²) in [5.41, 5.74) is 6.14. The Kier molecular flexibility index (Phi) is 5.05. The first-order chi connectivity index (χ1) is 8.85. The van der Waals surface area contributed by atoms with Crippen LogP contribution in [0.1, 0.15) is 18.1 Å². The molecule has 3 N–H and O–H groups in total. The molecule has 0 bridgehead atoms. The molecule has 0 radical (unpaired) electrons. The molecule has 0 aliphatic rings. The summed E-state index contributed by atoms with van der Waals surface area (Å²) >= 11 is 0. The van der Waals surface area contributed by atoms with Crippen LogP contribution >= 0.6 is 0 Å². The van der Waals surface area contributed by atoms with Crippen molar-refractivity contribution in [1.29, 1.82) is 5.41 Å². The topological polar surface area (TPSA) is 110 Å². The minimum absolute atomic E-state index is 0.137. The number of carbonyl (C=O) groups excluding carboxylic acids is 1. The number of nitrogens with one attached hydrogen (secondary N) is 1. The van der Waals surface area contributed by atoms with E-state index in [2.05, 4.69) is 4.74 Å². The van der Waals surface area contributed by atoms with Gasteiger partial charge in [-0.05, 0) is 12.5 Å². The van der Waals surface area contributed by atoms with Gasteiger partial charge in [0.2, 0.25) is 0 Å². The zero-order chi connectivity index (χ0) is 14.5. The smallest absolute Gasteiger partial charge is 0.321 e. The van der Waals surface area contributed by atoms with Gasteiger partial charge in [-0.2, -0.15) is 0 Å². The van der Waals surface area contributed by atoms with E-state index in [0.29, 0.717) is 11.1 Å². The van der Waals surface area contributed by atoms with Crippen molar-refractivity contribution in [3.05, 3.63) is 35.4 Å². The molecule has 6 nitrogen and oxygen atoms in total. The molecule has 0 aliphatic carbocycles. The maximum absolute atomic E-state index is 11.8. The Morgan fingerprint density at radius 1 is 1.37 bits per heavy atom. The van der Waals surface area contributed by atoms with Gasteiger partial charge in [-0.25, -0.2) is 8.42 Å². The molecule has 1 rings (SSSR count). The van der Waals surface area contributed by atoms with Crippen molar-refractivity contribution in [3.63, 3.8) is 0 Å². The lowest BCUT2D eigenvalue weighted by Crippen LogP contribution is -2.22. The van der Waals surface area contributed by atoms with Gasteiger partial charge in [-0.15, -0.1) is 0 Å². The van der Waals surface area contributed by atoms with Crippen molar-refractivity contribution in [2.24, 2.45) is 5.73 Å². The first-order valence-corrected chi connectivity index (χ1v) is 7.46. The van der Waals surface area contributed by atoms with E-state index in [9.17, 15) is 13.2 Å². The highest BCUT2D eigenvalue weighted by Crippen LogP contribution is 2.12. The first-order valence-electron chi connectivity index (χ1n) is 5.64. The van der Waals surface area contributed by atoms with E-state index in [0.717, 1.165) is 0 Å². The molecule has 1 aromatic rings. The van der Waals surface area contributed by atoms with E-state index in [1.807, 2.05) is 0 Å². The van der Waals surface area contributed by atoms with Gasteiger partial charge in [0.25, 0.3) is 0 Å². The van der Waals surface area contributed by atoms with Gasteiger partial charge < -0.3 is 10.5 Å². The standard InChI is InChI=1S/C12H16N2O4S/c1-2-18-11(15)8-19(16,17)7-9-5-3-4-6-10(9)12(13)14/h3-6H,2,7-8H2,1H3,(H3,13,14). The third-order valence-electron chi connectivity index (χ3n) is 2.33. The van der Waals surface area contributed by atoms with E-state index >= 15 is 0 Å². The van der Waals surface area contributed by atoms with Crippen LogP contribution in [0.15, 0.2) is 24.3 Å². The summed E-state index contributed by atoms with van der Waals surface area (Å²) in [6.07, 6.45) is 0. The normalized spacial score (nSPS) is 11.0. The van der Waals surface area contributed by atoms with E-state index < -0.39 is 21.6 Å². The number of nitrogens with two attached hydrogens (primary N) is 1. The van der Waals surface area contributed by atoms with Gasteiger partial charge in [0.1, 0.15) is 11.6 Å². The van der Waals surface area contributed by atoms with Crippen LogP contribution in [0, 0.1) is 5.41 Å². The van der Waals surface area contributed by atoms with Crippen LogP contribution in [0.3, 0.4) is 0 Å². The van der Waals surface area contributed by atoms with Crippen LogP contribution in [0.2, 0.25) is 0 Å². The Balaban J connectivity index is 2.90. The number of nitrogen functional groups attached to an aromatic ring is 1. The maximum Gasteiger partial charge on any atom is 0.321 e. The van der Waals surface area contributed by atoms with E-state index in [-0.39, 0.29) is 18.2 Å². The Labute approximate surface area is 112 Å². The average molecular weight is 284 g/mol. The van der Waals surface area contributed by atoms with Crippen molar-refractivity contribution in [3.8, 4) is 0 Å². The number of hydrogen-bond acceptors (Lipinski definition) is 5. The quantitative estimate of drug-likeness (QED) is 0.447. The van der Waals surface area contributed by atoms with Crippen LogP contribution in [0.4, 0.5) is 0 Å². The summed E-state index contributed by atoms with van der Waals surface area (Å²) in [5, 5.41) is 7.38. The Bertz CT molecular complexity index is 581. The third-order valence-corrected chi connectivity index (χ3v) is 3.75. The van der Waals surface area contributed by atoms with Crippen molar-refractivity contribution < 1.29 is 17.9 Å². The lowest BCUT2D eigenvalue weighted by molar-refractivity contribution is -0.139. The van der Waals surface area contributed by atoms with Crippen LogP contribution in [-0.4, -0.2) is 32.6 Å². The predicted octanol–water partition coefficient (Wildman–Crippen LogP) is 0.449. The molecule has 1 aromatic carbocycles.